The number of hydrogen-bond donors (Lipinski definition) is 2. The quantitative estimate of drug-likeness (QED) is 0.202. The molecule has 2 aromatic heterocycles. The smallest absolute Gasteiger partial charge is 0.420 e. The van der Waals surface area contributed by atoms with Gasteiger partial charge in [0.05, 0.1) is 30.2 Å². The molecule has 3 aromatic rings. The molecule has 42 heavy (non-hydrogen) atoms. The van der Waals surface area contributed by atoms with Gasteiger partial charge in [0.1, 0.15) is 17.1 Å². The number of halogens is 4. The molecule has 1 aliphatic heterocycles. The van der Waals surface area contributed by atoms with Crippen LogP contribution in [0.4, 0.5) is 23.2 Å². The average molecular weight is 590 g/mol. The van der Waals surface area contributed by atoms with E-state index in [0.29, 0.717) is 61.6 Å². The van der Waals surface area contributed by atoms with E-state index in [0.717, 1.165) is 31.5 Å². The summed E-state index contributed by atoms with van der Waals surface area (Å²) >= 11 is 0. The summed E-state index contributed by atoms with van der Waals surface area (Å²) in [6.45, 7) is 6.67. The van der Waals surface area contributed by atoms with Crippen LogP contribution >= 0.6 is 0 Å². The summed E-state index contributed by atoms with van der Waals surface area (Å²) in [5.41, 5.74) is 0.856. The van der Waals surface area contributed by atoms with Crippen molar-refractivity contribution in [2.24, 2.45) is 0 Å². The number of ether oxygens (including phenoxy) is 2. The molecule has 0 saturated carbocycles. The molecule has 3 heterocycles. The molecule has 4 rings (SSSR count). The van der Waals surface area contributed by atoms with E-state index in [1.165, 1.54) is 0 Å². The van der Waals surface area contributed by atoms with E-state index in [4.69, 9.17) is 14.5 Å². The maximum absolute atomic E-state index is 13.6. The number of aromatic nitrogens is 2. The number of rotatable bonds is 13. The molecule has 12 heteroatoms. The normalized spacial score (nSPS) is 15.0. The van der Waals surface area contributed by atoms with Crippen molar-refractivity contribution in [1.29, 1.82) is 0 Å². The highest BCUT2D eigenvalue weighted by molar-refractivity contribution is 5.98. The first-order valence-corrected chi connectivity index (χ1v) is 14.1. The van der Waals surface area contributed by atoms with Gasteiger partial charge in [-0.3, -0.25) is 4.79 Å². The number of benzene rings is 1. The highest BCUT2D eigenvalue weighted by atomic mass is 19.4. The fraction of sp³-hybridized carbons (Fsp3) is 0.433. The molecule has 1 atom stereocenters. The number of carbonyl (C=O) groups excluding carboxylic acids is 1. The first kappa shape index (κ1) is 31.0. The Bertz CT molecular complexity index is 1350. The zero-order valence-corrected chi connectivity index (χ0v) is 23.6. The Kier molecular flexibility index (Phi) is 10.6. The standard InChI is InChI=1S/C30H35F4N5O3/c1-3-15-39(16-6-17-42-26-11-8-20(31)18-23(26)30(32,33)34)25-10-9-24(22-7-5-13-36-29(22)41-4-2)38-27(25)28(40)37-21-12-14-35-19-21/h5,7-11,13,18,21,35H,3-4,6,12,14-17,19H2,1-2H3,(H,37,40). The van der Waals surface area contributed by atoms with E-state index < -0.39 is 23.3 Å². The third kappa shape index (κ3) is 7.87. The van der Waals surface area contributed by atoms with Crippen LogP contribution in [0.5, 0.6) is 11.6 Å². The van der Waals surface area contributed by atoms with Crippen LogP contribution in [-0.2, 0) is 6.18 Å². The topological polar surface area (TPSA) is 88.6 Å². The molecule has 0 bridgehead atoms. The Hall–Kier alpha value is -3.93. The fourth-order valence-electron chi connectivity index (χ4n) is 4.80. The van der Waals surface area contributed by atoms with E-state index in [9.17, 15) is 22.4 Å². The zero-order valence-electron chi connectivity index (χ0n) is 23.6. The maximum Gasteiger partial charge on any atom is 0.420 e. The Morgan fingerprint density at radius 2 is 1.98 bits per heavy atom. The molecule has 1 aromatic carbocycles. The SMILES string of the molecule is CCCN(CCCOc1ccc(F)cc1C(F)(F)F)c1ccc(-c2cccnc2OCC)nc1C(=O)NC1CCNC1. The molecule has 0 spiro atoms. The second-order valence-electron chi connectivity index (χ2n) is 9.84. The lowest BCUT2D eigenvalue weighted by atomic mass is 10.1. The number of nitrogens with one attached hydrogen (secondary N) is 2. The summed E-state index contributed by atoms with van der Waals surface area (Å²) in [4.78, 5) is 24.6. The van der Waals surface area contributed by atoms with Crippen molar-refractivity contribution in [1.82, 2.24) is 20.6 Å². The Balaban J connectivity index is 1.58. The van der Waals surface area contributed by atoms with Gasteiger partial charge in [0.25, 0.3) is 5.91 Å². The summed E-state index contributed by atoms with van der Waals surface area (Å²) in [6.07, 6.45) is -1.22. The summed E-state index contributed by atoms with van der Waals surface area (Å²) in [5, 5.41) is 6.30. The van der Waals surface area contributed by atoms with Gasteiger partial charge in [0.2, 0.25) is 5.88 Å². The van der Waals surface area contributed by atoms with Crippen LogP contribution in [-0.4, -0.2) is 61.3 Å². The van der Waals surface area contributed by atoms with Gasteiger partial charge < -0.3 is 25.0 Å². The highest BCUT2D eigenvalue weighted by Crippen LogP contribution is 2.37. The van der Waals surface area contributed by atoms with Gasteiger partial charge in [-0.25, -0.2) is 14.4 Å². The molecule has 1 fully saturated rings. The predicted octanol–water partition coefficient (Wildman–Crippen LogP) is 5.48. The molecular formula is C30H35F4N5O3. The molecule has 226 valence electrons. The molecule has 8 nitrogen and oxygen atoms in total. The molecule has 1 aliphatic rings. The molecule has 0 aliphatic carbocycles. The van der Waals surface area contributed by atoms with Gasteiger partial charge in [0.15, 0.2) is 5.69 Å². The molecule has 1 saturated heterocycles. The molecule has 1 amide bonds. The van der Waals surface area contributed by atoms with E-state index in [2.05, 4.69) is 15.6 Å². The summed E-state index contributed by atoms with van der Waals surface area (Å²) in [5.74, 6) is -1.32. The van der Waals surface area contributed by atoms with Crippen molar-refractivity contribution in [3.05, 3.63) is 65.7 Å². The van der Waals surface area contributed by atoms with Gasteiger partial charge in [-0.15, -0.1) is 0 Å². The fourth-order valence-corrected chi connectivity index (χ4v) is 4.80. The number of carbonyl (C=O) groups is 1. The first-order valence-electron chi connectivity index (χ1n) is 14.1. The van der Waals surface area contributed by atoms with Gasteiger partial charge >= 0.3 is 6.18 Å². The Morgan fingerprint density at radius 1 is 1.14 bits per heavy atom. The number of anilines is 1. The second kappa shape index (κ2) is 14.3. The third-order valence-corrected chi connectivity index (χ3v) is 6.72. The summed E-state index contributed by atoms with van der Waals surface area (Å²) in [7, 11) is 0. The van der Waals surface area contributed by atoms with E-state index >= 15 is 0 Å². The van der Waals surface area contributed by atoms with Crippen LogP contribution in [0.15, 0.2) is 48.7 Å². The highest BCUT2D eigenvalue weighted by Gasteiger charge is 2.35. The van der Waals surface area contributed by atoms with E-state index in [-0.39, 0.29) is 24.2 Å². The minimum absolute atomic E-state index is 0.0280. The van der Waals surface area contributed by atoms with Gasteiger partial charge in [0, 0.05) is 31.9 Å². The van der Waals surface area contributed by atoms with Crippen molar-refractivity contribution < 1.29 is 31.8 Å². The van der Waals surface area contributed by atoms with Crippen molar-refractivity contribution in [2.45, 2.75) is 45.3 Å². The summed E-state index contributed by atoms with van der Waals surface area (Å²) in [6, 6.07) is 9.54. The minimum Gasteiger partial charge on any atom is -0.493 e. The monoisotopic (exact) mass is 589 g/mol. The minimum atomic E-state index is -4.74. The maximum atomic E-state index is 13.6. The lowest BCUT2D eigenvalue weighted by molar-refractivity contribution is -0.139. The first-order chi connectivity index (χ1) is 20.2. The van der Waals surface area contributed by atoms with Crippen LogP contribution in [0.3, 0.4) is 0 Å². The zero-order chi connectivity index (χ0) is 30.1. The lowest BCUT2D eigenvalue weighted by Crippen LogP contribution is -2.38. The number of hydrogen-bond acceptors (Lipinski definition) is 7. The molecule has 2 N–H and O–H groups in total. The van der Waals surface area contributed by atoms with Crippen LogP contribution in [0.2, 0.25) is 0 Å². The van der Waals surface area contributed by atoms with Crippen LogP contribution in [0.1, 0.15) is 49.2 Å². The number of nitrogens with zero attached hydrogens (tertiary/aromatic N) is 3. The van der Waals surface area contributed by atoms with Crippen molar-refractivity contribution >= 4 is 11.6 Å². The van der Waals surface area contributed by atoms with Crippen molar-refractivity contribution in [3.63, 3.8) is 0 Å². The van der Waals surface area contributed by atoms with Crippen LogP contribution < -0.4 is 25.0 Å². The molecule has 1 unspecified atom stereocenters. The molecular weight excluding hydrogens is 554 g/mol. The Labute approximate surface area is 242 Å². The van der Waals surface area contributed by atoms with Gasteiger partial charge in [-0.1, -0.05) is 6.92 Å². The number of pyridine rings is 2. The van der Waals surface area contributed by atoms with Crippen LogP contribution in [0, 0.1) is 5.82 Å². The predicted molar refractivity (Wildman–Crippen MR) is 151 cm³/mol. The van der Waals surface area contributed by atoms with E-state index in [1.807, 2.05) is 30.9 Å². The number of amides is 1. The van der Waals surface area contributed by atoms with Gasteiger partial charge in [-0.2, -0.15) is 13.2 Å². The van der Waals surface area contributed by atoms with Gasteiger partial charge in [-0.05, 0) is 75.2 Å². The largest absolute Gasteiger partial charge is 0.493 e. The Morgan fingerprint density at radius 3 is 2.69 bits per heavy atom. The third-order valence-electron chi connectivity index (χ3n) is 6.72. The van der Waals surface area contributed by atoms with Crippen molar-refractivity contribution in [3.8, 4) is 22.9 Å². The average Bonchev–Trinajstić information content (AvgIpc) is 3.48. The van der Waals surface area contributed by atoms with Crippen molar-refractivity contribution in [2.75, 3.05) is 44.3 Å². The lowest BCUT2D eigenvalue weighted by Gasteiger charge is -2.27. The number of alkyl halides is 3. The molecule has 0 radical (unpaired) electrons. The second-order valence-corrected chi connectivity index (χ2v) is 9.84. The summed E-state index contributed by atoms with van der Waals surface area (Å²) < 4.78 is 64.6. The van der Waals surface area contributed by atoms with Crippen LogP contribution in [0.25, 0.3) is 11.3 Å². The van der Waals surface area contributed by atoms with E-state index in [1.54, 1.807) is 18.3 Å².